The number of aryl methyl sites for hydroxylation is 2. The highest BCUT2D eigenvalue weighted by atomic mass is 16.5. The number of aliphatic hydroxyl groups is 1. The van der Waals surface area contributed by atoms with Crippen molar-refractivity contribution >= 4 is 5.91 Å². The standard InChI is InChI=1S/C11H18N2O3/c1-7(14)6-12-11(15)5-4-10-8(2)13-16-9(10)3/h7,14H,4-6H2,1-3H3,(H,12,15)/t7-/m1/s1. The normalized spacial score (nSPS) is 12.5. The second-order valence-corrected chi connectivity index (χ2v) is 3.96. The number of rotatable bonds is 5. The maximum atomic E-state index is 11.4. The summed E-state index contributed by atoms with van der Waals surface area (Å²) in [6.07, 6.45) is 0.491. The fourth-order valence-electron chi connectivity index (χ4n) is 1.45. The van der Waals surface area contributed by atoms with Crippen molar-refractivity contribution in [1.82, 2.24) is 10.5 Å². The third-order valence-electron chi connectivity index (χ3n) is 2.38. The summed E-state index contributed by atoms with van der Waals surface area (Å²) in [7, 11) is 0. The lowest BCUT2D eigenvalue weighted by Gasteiger charge is -2.06. The van der Waals surface area contributed by atoms with Gasteiger partial charge in [-0.15, -0.1) is 0 Å². The van der Waals surface area contributed by atoms with Gasteiger partial charge in [-0.3, -0.25) is 4.79 Å². The molecule has 0 aromatic carbocycles. The fourth-order valence-corrected chi connectivity index (χ4v) is 1.45. The van der Waals surface area contributed by atoms with Crippen molar-refractivity contribution in [3.63, 3.8) is 0 Å². The molecule has 5 heteroatoms. The molecule has 1 aromatic heterocycles. The van der Waals surface area contributed by atoms with E-state index in [0.29, 0.717) is 19.4 Å². The van der Waals surface area contributed by atoms with E-state index >= 15 is 0 Å². The van der Waals surface area contributed by atoms with Crippen LogP contribution in [-0.4, -0.2) is 28.8 Å². The van der Waals surface area contributed by atoms with E-state index in [9.17, 15) is 4.79 Å². The Morgan fingerprint density at radius 1 is 1.56 bits per heavy atom. The van der Waals surface area contributed by atoms with Crippen LogP contribution in [0.4, 0.5) is 0 Å². The molecule has 0 saturated heterocycles. The lowest BCUT2D eigenvalue weighted by molar-refractivity contribution is -0.121. The Bertz CT molecular complexity index is 339. The van der Waals surface area contributed by atoms with E-state index in [2.05, 4.69) is 10.5 Å². The average molecular weight is 226 g/mol. The fraction of sp³-hybridized carbons (Fsp3) is 0.636. The molecule has 1 aromatic rings. The van der Waals surface area contributed by atoms with Gasteiger partial charge in [-0.2, -0.15) is 0 Å². The molecule has 0 aliphatic heterocycles. The molecule has 2 N–H and O–H groups in total. The van der Waals surface area contributed by atoms with Crippen LogP contribution in [0.1, 0.15) is 30.4 Å². The van der Waals surface area contributed by atoms with Crippen LogP contribution in [0.5, 0.6) is 0 Å². The number of hydrogen-bond donors (Lipinski definition) is 2. The van der Waals surface area contributed by atoms with E-state index in [4.69, 9.17) is 9.63 Å². The van der Waals surface area contributed by atoms with E-state index in [0.717, 1.165) is 17.0 Å². The summed E-state index contributed by atoms with van der Waals surface area (Å²) in [6.45, 7) is 5.62. The van der Waals surface area contributed by atoms with E-state index < -0.39 is 6.10 Å². The SMILES string of the molecule is Cc1noc(C)c1CCC(=O)NC[C@@H](C)O. The van der Waals surface area contributed by atoms with Crippen molar-refractivity contribution in [3.05, 3.63) is 17.0 Å². The summed E-state index contributed by atoms with van der Waals surface area (Å²) < 4.78 is 5.00. The molecule has 1 amide bonds. The molecule has 0 radical (unpaired) electrons. The lowest BCUT2D eigenvalue weighted by Crippen LogP contribution is -2.30. The van der Waals surface area contributed by atoms with Gasteiger partial charge in [0.1, 0.15) is 5.76 Å². The molecule has 1 rings (SSSR count). The Hall–Kier alpha value is -1.36. The van der Waals surface area contributed by atoms with Crippen molar-refractivity contribution in [3.8, 4) is 0 Å². The Balaban J connectivity index is 2.37. The number of nitrogens with one attached hydrogen (secondary N) is 1. The Morgan fingerprint density at radius 3 is 2.75 bits per heavy atom. The molecule has 0 aliphatic rings. The third-order valence-corrected chi connectivity index (χ3v) is 2.38. The number of nitrogens with zero attached hydrogens (tertiary/aromatic N) is 1. The Kier molecular flexibility index (Phi) is 4.49. The smallest absolute Gasteiger partial charge is 0.220 e. The van der Waals surface area contributed by atoms with E-state index in [-0.39, 0.29) is 5.91 Å². The number of aliphatic hydroxyl groups excluding tert-OH is 1. The van der Waals surface area contributed by atoms with Crippen molar-refractivity contribution in [2.45, 2.75) is 39.7 Å². The summed E-state index contributed by atoms with van der Waals surface area (Å²) in [5.41, 5.74) is 1.83. The second kappa shape index (κ2) is 5.65. The van der Waals surface area contributed by atoms with Crippen molar-refractivity contribution in [2.24, 2.45) is 0 Å². The molecule has 0 spiro atoms. The van der Waals surface area contributed by atoms with Crippen LogP contribution in [0.25, 0.3) is 0 Å². The zero-order chi connectivity index (χ0) is 12.1. The molecule has 0 bridgehead atoms. The topological polar surface area (TPSA) is 75.4 Å². The average Bonchev–Trinajstić information content (AvgIpc) is 2.53. The van der Waals surface area contributed by atoms with Gasteiger partial charge < -0.3 is 14.9 Å². The maximum absolute atomic E-state index is 11.4. The van der Waals surface area contributed by atoms with Gasteiger partial charge in [0.2, 0.25) is 5.91 Å². The van der Waals surface area contributed by atoms with E-state index in [1.165, 1.54) is 0 Å². The largest absolute Gasteiger partial charge is 0.392 e. The quantitative estimate of drug-likeness (QED) is 0.775. The molecular weight excluding hydrogens is 208 g/mol. The summed E-state index contributed by atoms with van der Waals surface area (Å²) in [6, 6.07) is 0. The minimum Gasteiger partial charge on any atom is -0.392 e. The minimum absolute atomic E-state index is 0.0686. The van der Waals surface area contributed by atoms with Crippen LogP contribution in [0, 0.1) is 13.8 Å². The molecule has 90 valence electrons. The highest BCUT2D eigenvalue weighted by molar-refractivity contribution is 5.76. The van der Waals surface area contributed by atoms with Gasteiger partial charge in [-0.25, -0.2) is 0 Å². The van der Waals surface area contributed by atoms with Crippen LogP contribution >= 0.6 is 0 Å². The Morgan fingerprint density at radius 2 is 2.25 bits per heavy atom. The first-order chi connectivity index (χ1) is 7.50. The monoisotopic (exact) mass is 226 g/mol. The number of amides is 1. The summed E-state index contributed by atoms with van der Waals surface area (Å²) >= 11 is 0. The summed E-state index contributed by atoms with van der Waals surface area (Å²) in [5.74, 6) is 0.696. The van der Waals surface area contributed by atoms with Gasteiger partial charge >= 0.3 is 0 Å². The number of hydrogen-bond acceptors (Lipinski definition) is 4. The summed E-state index contributed by atoms with van der Waals surface area (Å²) in [4.78, 5) is 11.4. The molecule has 5 nitrogen and oxygen atoms in total. The first kappa shape index (κ1) is 12.7. The zero-order valence-corrected chi connectivity index (χ0v) is 9.91. The molecular formula is C11H18N2O3. The molecule has 1 atom stereocenters. The van der Waals surface area contributed by atoms with Gasteiger partial charge in [0, 0.05) is 18.5 Å². The van der Waals surface area contributed by atoms with Crippen LogP contribution < -0.4 is 5.32 Å². The van der Waals surface area contributed by atoms with Gasteiger partial charge in [0.25, 0.3) is 0 Å². The van der Waals surface area contributed by atoms with Crippen molar-refractivity contribution < 1.29 is 14.4 Å². The molecule has 1 heterocycles. The Labute approximate surface area is 94.8 Å². The number of carbonyl (C=O) groups is 1. The molecule has 16 heavy (non-hydrogen) atoms. The van der Waals surface area contributed by atoms with Gasteiger partial charge in [0.05, 0.1) is 11.8 Å². The number of carbonyl (C=O) groups excluding carboxylic acids is 1. The highest BCUT2D eigenvalue weighted by Crippen LogP contribution is 2.13. The second-order valence-electron chi connectivity index (χ2n) is 3.96. The highest BCUT2D eigenvalue weighted by Gasteiger charge is 2.11. The molecule has 0 saturated carbocycles. The lowest BCUT2D eigenvalue weighted by atomic mass is 10.1. The van der Waals surface area contributed by atoms with Crippen molar-refractivity contribution in [2.75, 3.05) is 6.54 Å². The maximum Gasteiger partial charge on any atom is 0.220 e. The minimum atomic E-state index is -0.511. The predicted octanol–water partition coefficient (Wildman–Crippen LogP) is 0.721. The molecule has 0 aliphatic carbocycles. The van der Waals surface area contributed by atoms with Crippen LogP contribution in [-0.2, 0) is 11.2 Å². The predicted molar refractivity (Wildman–Crippen MR) is 59.0 cm³/mol. The first-order valence-electron chi connectivity index (χ1n) is 5.37. The van der Waals surface area contributed by atoms with Gasteiger partial charge in [-0.05, 0) is 27.2 Å². The van der Waals surface area contributed by atoms with Crippen LogP contribution in [0.15, 0.2) is 4.52 Å². The summed E-state index contributed by atoms with van der Waals surface area (Å²) in [5, 5.41) is 15.5. The van der Waals surface area contributed by atoms with Gasteiger partial charge in [-0.1, -0.05) is 5.16 Å². The van der Waals surface area contributed by atoms with Gasteiger partial charge in [0.15, 0.2) is 0 Å². The first-order valence-corrected chi connectivity index (χ1v) is 5.37. The third kappa shape index (κ3) is 3.66. The van der Waals surface area contributed by atoms with Crippen LogP contribution in [0.3, 0.4) is 0 Å². The molecule has 0 unspecified atom stereocenters. The molecule has 0 fully saturated rings. The van der Waals surface area contributed by atoms with Crippen molar-refractivity contribution in [1.29, 1.82) is 0 Å². The van der Waals surface area contributed by atoms with E-state index in [1.54, 1.807) is 6.92 Å². The van der Waals surface area contributed by atoms with E-state index in [1.807, 2.05) is 13.8 Å². The zero-order valence-electron chi connectivity index (χ0n) is 9.91. The van der Waals surface area contributed by atoms with Crippen LogP contribution in [0.2, 0.25) is 0 Å². The number of aromatic nitrogens is 1.